The summed E-state index contributed by atoms with van der Waals surface area (Å²) in [5, 5.41) is 2.70. The van der Waals surface area contributed by atoms with Gasteiger partial charge >= 0.3 is 6.03 Å². The quantitative estimate of drug-likeness (QED) is 0.475. The number of benzene rings is 1. The molecular formula is C14H18FN5O2S. The minimum absolute atomic E-state index is 0.0611. The van der Waals surface area contributed by atoms with Gasteiger partial charge in [-0.05, 0) is 37.2 Å². The summed E-state index contributed by atoms with van der Waals surface area (Å²) in [6.45, 7) is 0.830. The van der Waals surface area contributed by atoms with Crippen LogP contribution in [-0.2, 0) is 4.79 Å². The van der Waals surface area contributed by atoms with Gasteiger partial charge in [-0.1, -0.05) is 12.1 Å². The third-order valence-corrected chi connectivity index (χ3v) is 3.73. The topological polar surface area (TPSA) is 99.5 Å². The lowest BCUT2D eigenvalue weighted by Crippen LogP contribution is -2.51. The van der Waals surface area contributed by atoms with Gasteiger partial charge in [0, 0.05) is 13.1 Å². The standard InChI is InChI=1S/C14H18FN5O2S/c15-10-5-1-2-6-11(10)17-14(23)19-18-12(21)9-4-3-7-20(8-9)13(16)22/h1-2,5-6,9H,3-4,7-8H2,(H2,16,22)(H,18,21)(H2,17,19,23)/t9-/m0/s1. The summed E-state index contributed by atoms with van der Waals surface area (Å²) < 4.78 is 13.5. The Labute approximate surface area is 138 Å². The van der Waals surface area contributed by atoms with Crippen molar-refractivity contribution in [2.45, 2.75) is 12.8 Å². The normalized spacial score (nSPS) is 17.3. The van der Waals surface area contributed by atoms with Crippen LogP contribution in [0.5, 0.6) is 0 Å². The van der Waals surface area contributed by atoms with Crippen molar-refractivity contribution >= 4 is 35.0 Å². The Balaban J connectivity index is 1.81. The third-order valence-electron chi connectivity index (χ3n) is 3.53. The predicted octanol–water partition coefficient (Wildman–Crippen LogP) is 0.934. The van der Waals surface area contributed by atoms with Crippen LogP contribution in [0, 0.1) is 11.7 Å². The van der Waals surface area contributed by atoms with Crippen molar-refractivity contribution in [1.82, 2.24) is 15.8 Å². The summed E-state index contributed by atoms with van der Waals surface area (Å²) in [6, 6.07) is 5.51. The molecule has 0 spiro atoms. The lowest BCUT2D eigenvalue weighted by atomic mass is 9.98. The molecule has 7 nitrogen and oxygen atoms in total. The first-order chi connectivity index (χ1) is 11.0. The first kappa shape index (κ1) is 16.9. The zero-order valence-electron chi connectivity index (χ0n) is 12.3. The molecule has 0 aromatic heterocycles. The number of nitrogens with one attached hydrogen (secondary N) is 3. The molecule has 5 N–H and O–H groups in total. The number of urea groups is 1. The Morgan fingerprint density at radius 3 is 2.74 bits per heavy atom. The van der Waals surface area contributed by atoms with E-state index >= 15 is 0 Å². The number of carbonyl (C=O) groups is 2. The van der Waals surface area contributed by atoms with Crippen LogP contribution in [0.1, 0.15) is 12.8 Å². The first-order valence-electron chi connectivity index (χ1n) is 7.13. The number of para-hydroxylation sites is 1. The van der Waals surface area contributed by atoms with E-state index in [1.54, 1.807) is 12.1 Å². The van der Waals surface area contributed by atoms with Gasteiger partial charge in [-0.15, -0.1) is 0 Å². The molecular weight excluding hydrogens is 321 g/mol. The minimum atomic E-state index is -0.535. The van der Waals surface area contributed by atoms with Gasteiger partial charge in [0.05, 0.1) is 11.6 Å². The van der Waals surface area contributed by atoms with Gasteiger partial charge < -0.3 is 16.0 Å². The molecule has 1 aliphatic heterocycles. The smallest absolute Gasteiger partial charge is 0.314 e. The number of nitrogens with two attached hydrogens (primary N) is 1. The van der Waals surface area contributed by atoms with E-state index in [-0.39, 0.29) is 29.2 Å². The van der Waals surface area contributed by atoms with Crippen molar-refractivity contribution in [2.75, 3.05) is 18.4 Å². The number of halogens is 1. The number of thiocarbonyl (C=S) groups is 1. The summed E-state index contributed by atoms with van der Waals surface area (Å²) in [5.41, 5.74) is 10.4. The lowest BCUT2D eigenvalue weighted by molar-refractivity contribution is -0.126. The summed E-state index contributed by atoms with van der Waals surface area (Å²) in [5.74, 6) is -1.11. The van der Waals surface area contributed by atoms with Gasteiger partial charge in [-0.3, -0.25) is 15.6 Å². The van der Waals surface area contributed by atoms with E-state index < -0.39 is 11.8 Å². The van der Waals surface area contributed by atoms with Gasteiger partial charge in [-0.25, -0.2) is 9.18 Å². The van der Waals surface area contributed by atoms with E-state index in [2.05, 4.69) is 16.2 Å². The van der Waals surface area contributed by atoms with Crippen LogP contribution in [-0.4, -0.2) is 35.0 Å². The van der Waals surface area contributed by atoms with E-state index in [1.807, 2.05) is 0 Å². The zero-order chi connectivity index (χ0) is 16.8. The average molecular weight is 339 g/mol. The minimum Gasteiger partial charge on any atom is -0.351 e. The molecule has 3 amide bonds. The second-order valence-electron chi connectivity index (χ2n) is 5.17. The highest BCUT2D eigenvalue weighted by atomic mass is 32.1. The van der Waals surface area contributed by atoms with Gasteiger partial charge in [0.15, 0.2) is 5.11 Å². The molecule has 2 rings (SSSR count). The van der Waals surface area contributed by atoms with Crippen molar-refractivity contribution in [2.24, 2.45) is 11.7 Å². The molecule has 0 aliphatic carbocycles. The van der Waals surface area contributed by atoms with E-state index in [0.29, 0.717) is 19.4 Å². The fourth-order valence-corrected chi connectivity index (χ4v) is 2.49. The van der Waals surface area contributed by atoms with Crippen LogP contribution >= 0.6 is 12.2 Å². The number of amides is 3. The predicted molar refractivity (Wildman–Crippen MR) is 87.8 cm³/mol. The fraction of sp³-hybridized carbons (Fsp3) is 0.357. The van der Waals surface area contributed by atoms with Crippen molar-refractivity contribution in [1.29, 1.82) is 0 Å². The van der Waals surface area contributed by atoms with Crippen LogP contribution in [0.25, 0.3) is 0 Å². The molecule has 0 saturated carbocycles. The highest BCUT2D eigenvalue weighted by Gasteiger charge is 2.27. The molecule has 1 aliphatic rings. The third kappa shape index (κ3) is 4.78. The van der Waals surface area contributed by atoms with Crippen molar-refractivity contribution in [3.8, 4) is 0 Å². The number of hydrazine groups is 1. The highest BCUT2D eigenvalue weighted by molar-refractivity contribution is 7.80. The molecule has 9 heteroatoms. The molecule has 0 radical (unpaired) electrons. The van der Waals surface area contributed by atoms with Crippen LogP contribution < -0.4 is 21.9 Å². The second kappa shape index (κ2) is 7.73. The van der Waals surface area contributed by atoms with Crippen molar-refractivity contribution < 1.29 is 14.0 Å². The molecule has 1 aromatic carbocycles. The number of likely N-dealkylation sites (tertiary alicyclic amines) is 1. The Kier molecular flexibility index (Phi) is 5.69. The van der Waals surface area contributed by atoms with E-state index in [1.165, 1.54) is 17.0 Å². The number of anilines is 1. The van der Waals surface area contributed by atoms with Gasteiger partial charge in [0.2, 0.25) is 5.91 Å². The summed E-state index contributed by atoms with van der Waals surface area (Å²) in [7, 11) is 0. The number of piperidine rings is 1. The fourth-order valence-electron chi connectivity index (χ4n) is 2.33. The van der Waals surface area contributed by atoms with Crippen LogP contribution in [0.2, 0.25) is 0 Å². The average Bonchev–Trinajstić information content (AvgIpc) is 2.55. The number of nitrogens with zero attached hydrogens (tertiary/aromatic N) is 1. The lowest BCUT2D eigenvalue weighted by Gasteiger charge is -2.30. The van der Waals surface area contributed by atoms with Gasteiger partial charge in [0.1, 0.15) is 5.82 Å². The highest BCUT2D eigenvalue weighted by Crippen LogP contribution is 2.16. The molecule has 124 valence electrons. The molecule has 1 aromatic rings. The van der Waals surface area contributed by atoms with Gasteiger partial charge in [-0.2, -0.15) is 0 Å². The molecule has 0 unspecified atom stereocenters. The largest absolute Gasteiger partial charge is 0.351 e. The molecule has 1 atom stereocenters. The summed E-state index contributed by atoms with van der Waals surface area (Å²) >= 11 is 4.99. The maximum atomic E-state index is 13.5. The number of carbonyl (C=O) groups excluding carboxylic acids is 2. The van der Waals surface area contributed by atoms with E-state index in [0.717, 1.165) is 0 Å². The number of hydrogen-bond acceptors (Lipinski definition) is 3. The van der Waals surface area contributed by atoms with Crippen molar-refractivity contribution in [3.63, 3.8) is 0 Å². The molecule has 1 heterocycles. The summed E-state index contributed by atoms with van der Waals surface area (Å²) in [4.78, 5) is 24.7. The second-order valence-corrected chi connectivity index (χ2v) is 5.58. The van der Waals surface area contributed by atoms with E-state index in [4.69, 9.17) is 18.0 Å². The zero-order valence-corrected chi connectivity index (χ0v) is 13.2. The monoisotopic (exact) mass is 339 g/mol. The van der Waals surface area contributed by atoms with Crippen LogP contribution in [0.15, 0.2) is 24.3 Å². The number of rotatable bonds is 2. The Bertz CT molecular complexity index is 613. The first-order valence-corrected chi connectivity index (χ1v) is 7.54. The van der Waals surface area contributed by atoms with Crippen LogP contribution in [0.4, 0.5) is 14.9 Å². The Hall–Kier alpha value is -2.42. The van der Waals surface area contributed by atoms with Crippen LogP contribution in [0.3, 0.4) is 0 Å². The molecule has 1 saturated heterocycles. The molecule has 23 heavy (non-hydrogen) atoms. The molecule has 0 bridgehead atoms. The maximum Gasteiger partial charge on any atom is 0.314 e. The van der Waals surface area contributed by atoms with E-state index in [9.17, 15) is 14.0 Å². The molecule has 1 fully saturated rings. The van der Waals surface area contributed by atoms with Gasteiger partial charge in [0.25, 0.3) is 0 Å². The maximum absolute atomic E-state index is 13.5. The number of hydrogen-bond donors (Lipinski definition) is 4. The Morgan fingerprint density at radius 2 is 2.04 bits per heavy atom. The number of primary amides is 1. The SMILES string of the molecule is NC(=O)N1CCC[C@H](C(=O)NNC(=S)Nc2ccccc2F)C1. The summed E-state index contributed by atoms with van der Waals surface area (Å²) in [6.07, 6.45) is 1.36. The van der Waals surface area contributed by atoms with Crippen molar-refractivity contribution in [3.05, 3.63) is 30.1 Å². The Morgan fingerprint density at radius 1 is 1.30 bits per heavy atom.